The molecule has 0 aliphatic heterocycles. The third kappa shape index (κ3) is 73.5. The van der Waals surface area contributed by atoms with Gasteiger partial charge in [0.05, 0.1) is 0 Å². The molecule has 0 saturated carbocycles. The van der Waals surface area contributed by atoms with Crippen molar-refractivity contribution in [2.45, 2.75) is 6.10 Å². The van der Waals surface area contributed by atoms with Crippen molar-refractivity contribution in [1.82, 2.24) is 5.32 Å². The van der Waals surface area contributed by atoms with E-state index < -0.39 is 15.1 Å². The highest BCUT2D eigenvalue weighted by molar-refractivity contribution is 6.46. The van der Waals surface area contributed by atoms with Crippen LogP contribution in [0.2, 0.25) is 0 Å². The number of nitrogens with one attached hydrogen (secondary N) is 1. The number of aliphatic hydroxyl groups is 3. The normalized spacial score (nSPS) is 12.0. The van der Waals surface area contributed by atoms with Gasteiger partial charge < -0.3 is 34.5 Å². The SMILES string of the molecule is CNC(O)(O)O.O[Si](O)(O)O. The zero-order chi connectivity index (χ0) is 9.71. The fourth-order valence-electron chi connectivity index (χ4n) is 0. The van der Waals surface area contributed by atoms with Crippen LogP contribution in [0.15, 0.2) is 0 Å². The molecule has 8 nitrogen and oxygen atoms in total. The molecule has 11 heavy (non-hydrogen) atoms. The van der Waals surface area contributed by atoms with E-state index in [1.54, 1.807) is 5.32 Å². The van der Waals surface area contributed by atoms with E-state index in [4.69, 9.17) is 34.5 Å². The lowest BCUT2D eigenvalue weighted by Gasteiger charge is -2.09. The van der Waals surface area contributed by atoms with Gasteiger partial charge in [0.25, 0.3) is 0 Å². The third-order valence-electron chi connectivity index (χ3n) is 0.335. The lowest BCUT2D eigenvalue weighted by Crippen LogP contribution is -2.41. The van der Waals surface area contributed by atoms with Crippen LogP contribution in [0.4, 0.5) is 0 Å². The number of hydrogen-bond donors (Lipinski definition) is 8. The standard InChI is InChI=1S/C2H7NO3.H4O4Si/c1-3-2(4,5)6;1-5(2,3)4/h3-6H,1H3;1-4H. The predicted octanol–water partition coefficient (Wildman–Crippen LogP) is -4.81. The molecule has 0 radical (unpaired) electrons. The van der Waals surface area contributed by atoms with Crippen molar-refractivity contribution < 1.29 is 34.5 Å². The molecule has 8 N–H and O–H groups in total. The van der Waals surface area contributed by atoms with Crippen molar-refractivity contribution in [3.8, 4) is 0 Å². The molecule has 0 heterocycles. The van der Waals surface area contributed by atoms with Crippen molar-refractivity contribution in [1.29, 1.82) is 0 Å². The average Bonchev–Trinajstić information content (AvgIpc) is 1.59. The Labute approximate surface area is 63.1 Å². The molecule has 0 spiro atoms. The zero-order valence-corrected chi connectivity index (χ0v) is 6.63. The van der Waals surface area contributed by atoms with Crippen LogP contribution in [0.25, 0.3) is 0 Å². The second-order valence-electron chi connectivity index (χ2n) is 1.49. The Hall–Kier alpha value is -0.103. The minimum absolute atomic E-state index is 1.21. The molecule has 0 fully saturated rings. The molecular weight excluding hydrogens is 178 g/mol. The highest BCUT2D eigenvalue weighted by Gasteiger charge is 2.22. The summed E-state index contributed by atoms with van der Waals surface area (Å²) < 4.78 is 0. The third-order valence-corrected chi connectivity index (χ3v) is 0.335. The van der Waals surface area contributed by atoms with Gasteiger partial charge in [-0.25, -0.2) is 5.32 Å². The molecule has 0 aliphatic carbocycles. The van der Waals surface area contributed by atoms with E-state index in [-0.39, 0.29) is 0 Å². The summed E-state index contributed by atoms with van der Waals surface area (Å²) in [4.78, 5) is 29.3. The Morgan fingerprint density at radius 3 is 1.09 bits per heavy atom. The van der Waals surface area contributed by atoms with Crippen molar-refractivity contribution in [3.05, 3.63) is 0 Å². The second-order valence-corrected chi connectivity index (χ2v) is 2.69. The summed E-state index contributed by atoms with van der Waals surface area (Å²) in [6.07, 6.45) is -2.71. The summed E-state index contributed by atoms with van der Waals surface area (Å²) in [6, 6.07) is 0. The largest absolute Gasteiger partial charge is 0.668 e. The Morgan fingerprint density at radius 2 is 1.09 bits per heavy atom. The van der Waals surface area contributed by atoms with Gasteiger partial charge in [-0.3, -0.25) is 0 Å². The van der Waals surface area contributed by atoms with Gasteiger partial charge in [-0.15, -0.1) is 0 Å². The molecule has 0 aromatic heterocycles. The van der Waals surface area contributed by atoms with Crippen LogP contribution >= 0.6 is 0 Å². The molecule has 0 saturated heterocycles. The van der Waals surface area contributed by atoms with E-state index in [0.717, 1.165) is 0 Å². The maximum absolute atomic E-state index is 7.83. The molecule has 70 valence electrons. The first-order valence-electron chi connectivity index (χ1n) is 2.32. The van der Waals surface area contributed by atoms with Crippen molar-refractivity contribution in [2.24, 2.45) is 0 Å². The average molecular weight is 189 g/mol. The molecule has 9 heteroatoms. The van der Waals surface area contributed by atoms with Gasteiger partial charge >= 0.3 is 15.1 Å². The Bertz CT molecular complexity index is 87.6. The van der Waals surface area contributed by atoms with Crippen LogP contribution in [0, 0.1) is 0 Å². The van der Waals surface area contributed by atoms with E-state index in [1.165, 1.54) is 7.05 Å². The molecular formula is C2H11NO7Si. The van der Waals surface area contributed by atoms with Gasteiger partial charge in [-0.1, -0.05) is 0 Å². The highest BCUT2D eigenvalue weighted by Crippen LogP contribution is 1.77. The van der Waals surface area contributed by atoms with Gasteiger partial charge in [-0.2, -0.15) is 0 Å². The summed E-state index contributed by atoms with van der Waals surface area (Å²) in [6.45, 7) is 0. The first-order chi connectivity index (χ1) is 4.56. The van der Waals surface area contributed by atoms with Crippen LogP contribution in [0.5, 0.6) is 0 Å². The minimum Gasteiger partial charge on any atom is -0.368 e. The van der Waals surface area contributed by atoms with Gasteiger partial charge in [0.2, 0.25) is 0 Å². The molecule has 0 atom stereocenters. The summed E-state index contributed by atoms with van der Waals surface area (Å²) in [5.41, 5.74) is 0. The van der Waals surface area contributed by atoms with Gasteiger partial charge in [-0.05, 0) is 7.05 Å². The van der Waals surface area contributed by atoms with Crippen LogP contribution in [0.3, 0.4) is 0 Å². The van der Waals surface area contributed by atoms with Gasteiger partial charge in [0.1, 0.15) is 0 Å². The fraction of sp³-hybridized carbons (Fsp3) is 1.00. The Kier molecular flexibility index (Phi) is 5.77. The van der Waals surface area contributed by atoms with E-state index >= 15 is 0 Å². The van der Waals surface area contributed by atoms with E-state index in [0.29, 0.717) is 0 Å². The van der Waals surface area contributed by atoms with E-state index in [1.807, 2.05) is 0 Å². The summed E-state index contributed by atoms with van der Waals surface area (Å²) in [5.74, 6) is 0. The summed E-state index contributed by atoms with van der Waals surface area (Å²) in [5, 5.41) is 25.3. The van der Waals surface area contributed by atoms with E-state index in [9.17, 15) is 0 Å². The topological polar surface area (TPSA) is 154 Å². The van der Waals surface area contributed by atoms with Crippen molar-refractivity contribution in [2.75, 3.05) is 7.05 Å². The summed E-state index contributed by atoms with van der Waals surface area (Å²) >= 11 is 0. The van der Waals surface area contributed by atoms with Crippen molar-refractivity contribution in [3.63, 3.8) is 0 Å². The Balaban J connectivity index is 0. The van der Waals surface area contributed by atoms with Gasteiger partial charge in [0.15, 0.2) is 0 Å². The maximum Gasteiger partial charge on any atom is 0.668 e. The molecule has 0 amide bonds. The molecule has 0 rings (SSSR count). The smallest absolute Gasteiger partial charge is 0.368 e. The lowest BCUT2D eigenvalue weighted by atomic mass is 10.9. The molecule has 0 bridgehead atoms. The molecule has 0 aliphatic rings. The first kappa shape index (κ1) is 13.5. The van der Waals surface area contributed by atoms with Crippen LogP contribution < -0.4 is 5.32 Å². The quantitative estimate of drug-likeness (QED) is 0.151. The van der Waals surface area contributed by atoms with Crippen LogP contribution in [0.1, 0.15) is 0 Å². The maximum atomic E-state index is 7.83. The van der Waals surface area contributed by atoms with Crippen molar-refractivity contribution >= 4 is 9.05 Å². The number of rotatable bonds is 1. The van der Waals surface area contributed by atoms with Crippen LogP contribution in [-0.2, 0) is 0 Å². The number of hydrogen-bond acceptors (Lipinski definition) is 8. The van der Waals surface area contributed by atoms with E-state index in [2.05, 4.69) is 0 Å². The lowest BCUT2D eigenvalue weighted by molar-refractivity contribution is -0.328. The highest BCUT2D eigenvalue weighted by atomic mass is 28.4. The van der Waals surface area contributed by atoms with Gasteiger partial charge in [0, 0.05) is 0 Å². The predicted molar refractivity (Wildman–Crippen MR) is 33.1 cm³/mol. The minimum atomic E-state index is -4.61. The summed E-state index contributed by atoms with van der Waals surface area (Å²) in [7, 11) is -3.40. The fourth-order valence-corrected chi connectivity index (χ4v) is 0. The molecule has 0 unspecified atom stereocenters. The second kappa shape index (κ2) is 4.71. The Morgan fingerprint density at radius 1 is 1.00 bits per heavy atom. The molecule has 0 aromatic rings. The zero-order valence-electron chi connectivity index (χ0n) is 5.63. The first-order valence-corrected chi connectivity index (χ1v) is 4.10. The molecule has 0 aromatic carbocycles. The van der Waals surface area contributed by atoms with Crippen LogP contribution in [-0.4, -0.2) is 56.7 Å². The monoisotopic (exact) mass is 189 g/mol.